The van der Waals surface area contributed by atoms with E-state index >= 15 is 0 Å². The lowest BCUT2D eigenvalue weighted by molar-refractivity contribution is -0.122. The molecule has 2 fully saturated rings. The van der Waals surface area contributed by atoms with Crippen LogP contribution in [-0.2, 0) is 4.79 Å². The van der Waals surface area contributed by atoms with E-state index in [2.05, 4.69) is 21.5 Å². The summed E-state index contributed by atoms with van der Waals surface area (Å²) in [4.78, 5) is 12.0. The van der Waals surface area contributed by atoms with Crippen molar-refractivity contribution in [1.82, 2.24) is 5.32 Å². The number of alkyl halides is 2. The normalized spacial score (nSPS) is 33.2. The Labute approximate surface area is 129 Å². The van der Waals surface area contributed by atoms with E-state index in [9.17, 15) is 13.6 Å². The van der Waals surface area contributed by atoms with Gasteiger partial charge in [0.2, 0.25) is 5.91 Å². The van der Waals surface area contributed by atoms with Crippen molar-refractivity contribution in [3.05, 3.63) is 0 Å². The average molecular weight is 309 g/mol. The largest absolute Gasteiger partial charge is 0.353 e. The maximum Gasteiger partial charge on any atom is 0.254 e. The summed E-state index contributed by atoms with van der Waals surface area (Å²) in [7, 11) is 0. The summed E-state index contributed by atoms with van der Waals surface area (Å²) in [5, 5.41) is 11.0. The van der Waals surface area contributed by atoms with E-state index < -0.39 is 17.0 Å². The fourth-order valence-corrected chi connectivity index (χ4v) is 3.52. The standard InChI is InChI=1S/C16H21F2N3O/c1-2-3-7-15(20-21-15)10-6-13(22)19-12-4-8-14(9-5-12)11-16(14,17)18/h1,12H,3-11H2,(H,19,22). The minimum atomic E-state index is -2.47. The van der Waals surface area contributed by atoms with Crippen molar-refractivity contribution >= 4 is 5.91 Å². The van der Waals surface area contributed by atoms with Gasteiger partial charge in [-0.15, -0.1) is 12.3 Å². The number of carbonyl (C=O) groups is 1. The topological polar surface area (TPSA) is 53.8 Å². The molecule has 3 aliphatic rings. The molecule has 2 aliphatic carbocycles. The van der Waals surface area contributed by atoms with Crippen LogP contribution in [0, 0.1) is 17.8 Å². The molecule has 1 aliphatic heterocycles. The molecule has 1 heterocycles. The van der Waals surface area contributed by atoms with Crippen LogP contribution in [0.2, 0.25) is 0 Å². The maximum atomic E-state index is 13.3. The van der Waals surface area contributed by atoms with Crippen LogP contribution in [0.5, 0.6) is 0 Å². The van der Waals surface area contributed by atoms with Crippen LogP contribution in [0.4, 0.5) is 8.78 Å². The second kappa shape index (κ2) is 5.29. The fraction of sp³-hybridized carbons (Fsp3) is 0.812. The molecule has 0 aromatic rings. The van der Waals surface area contributed by atoms with Crippen molar-refractivity contribution in [2.75, 3.05) is 0 Å². The molecule has 0 unspecified atom stereocenters. The predicted octanol–water partition coefficient (Wildman–Crippen LogP) is 3.43. The van der Waals surface area contributed by atoms with E-state index in [1.165, 1.54) is 0 Å². The SMILES string of the molecule is C#CCCC1(CCC(=O)NC2CCC3(CC2)CC3(F)F)N=N1. The molecule has 2 saturated carbocycles. The third kappa shape index (κ3) is 2.99. The van der Waals surface area contributed by atoms with Crippen LogP contribution in [0.3, 0.4) is 0 Å². The summed E-state index contributed by atoms with van der Waals surface area (Å²) in [6.07, 6.45) is 9.82. The number of nitrogens with zero attached hydrogens (tertiary/aromatic N) is 2. The number of carbonyl (C=O) groups excluding carboxylic acids is 1. The van der Waals surface area contributed by atoms with Gasteiger partial charge < -0.3 is 5.32 Å². The lowest BCUT2D eigenvalue weighted by Crippen LogP contribution is -2.39. The summed E-state index contributed by atoms with van der Waals surface area (Å²) in [6, 6.07) is 0.0317. The zero-order chi connectivity index (χ0) is 15.8. The van der Waals surface area contributed by atoms with Gasteiger partial charge in [0.15, 0.2) is 5.66 Å². The first-order chi connectivity index (χ1) is 10.4. The molecule has 4 nitrogen and oxygen atoms in total. The van der Waals surface area contributed by atoms with E-state index in [1.807, 2.05) is 0 Å². The average Bonchev–Trinajstić information content (AvgIpc) is 3.35. The number of hydrogen-bond acceptors (Lipinski definition) is 3. The van der Waals surface area contributed by atoms with Crippen LogP contribution in [0.15, 0.2) is 10.2 Å². The number of terminal acetylenes is 1. The van der Waals surface area contributed by atoms with E-state index in [4.69, 9.17) is 6.42 Å². The second-order valence-electron chi connectivity index (χ2n) is 6.89. The molecule has 1 N–H and O–H groups in total. The molecule has 0 aromatic heterocycles. The number of rotatable bonds is 6. The number of amides is 1. The van der Waals surface area contributed by atoms with Crippen LogP contribution < -0.4 is 5.32 Å². The Bertz CT molecular complexity index is 524. The highest BCUT2D eigenvalue weighted by atomic mass is 19.3. The zero-order valence-electron chi connectivity index (χ0n) is 12.6. The number of nitrogens with one attached hydrogen (secondary N) is 1. The van der Waals surface area contributed by atoms with Gasteiger partial charge >= 0.3 is 0 Å². The van der Waals surface area contributed by atoms with E-state index in [0.29, 0.717) is 51.4 Å². The third-order valence-electron chi connectivity index (χ3n) is 5.32. The summed E-state index contributed by atoms with van der Waals surface area (Å²) in [5.41, 5.74) is -1.18. The van der Waals surface area contributed by atoms with Crippen molar-refractivity contribution in [1.29, 1.82) is 0 Å². The highest BCUT2D eigenvalue weighted by molar-refractivity contribution is 5.76. The first-order valence-corrected chi connectivity index (χ1v) is 7.95. The van der Waals surface area contributed by atoms with Gasteiger partial charge in [0, 0.05) is 43.6 Å². The van der Waals surface area contributed by atoms with Crippen LogP contribution in [0.1, 0.15) is 57.8 Å². The Kier molecular flexibility index (Phi) is 3.70. The van der Waals surface area contributed by atoms with Crippen LogP contribution in [0.25, 0.3) is 0 Å². The van der Waals surface area contributed by atoms with Gasteiger partial charge in [-0.25, -0.2) is 8.78 Å². The smallest absolute Gasteiger partial charge is 0.254 e. The minimum Gasteiger partial charge on any atom is -0.353 e. The van der Waals surface area contributed by atoms with Crippen molar-refractivity contribution in [2.45, 2.75) is 75.4 Å². The van der Waals surface area contributed by atoms with Gasteiger partial charge in [-0.2, -0.15) is 10.2 Å². The Morgan fingerprint density at radius 3 is 2.41 bits per heavy atom. The van der Waals surface area contributed by atoms with Gasteiger partial charge in [0.1, 0.15) is 0 Å². The molecule has 0 bridgehead atoms. The highest BCUT2D eigenvalue weighted by Crippen LogP contribution is 2.67. The van der Waals surface area contributed by atoms with Crippen molar-refractivity contribution in [3.63, 3.8) is 0 Å². The molecular formula is C16H21F2N3O. The predicted molar refractivity (Wildman–Crippen MR) is 77.3 cm³/mol. The molecule has 22 heavy (non-hydrogen) atoms. The van der Waals surface area contributed by atoms with Gasteiger partial charge in [0.25, 0.3) is 5.92 Å². The van der Waals surface area contributed by atoms with Crippen molar-refractivity contribution < 1.29 is 13.6 Å². The first kappa shape index (κ1) is 15.4. The van der Waals surface area contributed by atoms with Crippen LogP contribution in [-0.4, -0.2) is 23.5 Å². The number of hydrogen-bond donors (Lipinski definition) is 1. The molecule has 1 spiro atoms. The summed E-state index contributed by atoms with van der Waals surface area (Å²) < 4.78 is 26.6. The minimum absolute atomic E-state index is 0.0291. The van der Waals surface area contributed by atoms with E-state index in [-0.39, 0.29) is 18.4 Å². The van der Waals surface area contributed by atoms with Gasteiger partial charge in [0.05, 0.1) is 0 Å². The monoisotopic (exact) mass is 309 g/mol. The van der Waals surface area contributed by atoms with Gasteiger partial charge in [-0.05, 0) is 25.7 Å². The fourth-order valence-electron chi connectivity index (χ4n) is 3.52. The molecule has 0 aromatic carbocycles. The van der Waals surface area contributed by atoms with Gasteiger partial charge in [-0.1, -0.05) is 0 Å². The zero-order valence-corrected chi connectivity index (χ0v) is 12.6. The molecular weight excluding hydrogens is 288 g/mol. The molecule has 0 atom stereocenters. The summed E-state index contributed by atoms with van der Waals surface area (Å²) in [6.45, 7) is 0. The molecule has 6 heteroatoms. The van der Waals surface area contributed by atoms with E-state index in [0.717, 1.165) is 0 Å². The Hall–Kier alpha value is -1.51. The molecule has 120 valence electrons. The van der Waals surface area contributed by atoms with Crippen molar-refractivity contribution in [2.24, 2.45) is 15.6 Å². The Morgan fingerprint density at radius 2 is 1.91 bits per heavy atom. The van der Waals surface area contributed by atoms with Crippen molar-refractivity contribution in [3.8, 4) is 12.3 Å². The first-order valence-electron chi connectivity index (χ1n) is 7.95. The lowest BCUT2D eigenvalue weighted by atomic mass is 9.83. The Balaban J connectivity index is 1.36. The van der Waals surface area contributed by atoms with E-state index in [1.54, 1.807) is 0 Å². The maximum absolute atomic E-state index is 13.3. The quantitative estimate of drug-likeness (QED) is 0.751. The molecule has 1 amide bonds. The lowest BCUT2D eigenvalue weighted by Gasteiger charge is -2.29. The summed E-state index contributed by atoms with van der Waals surface area (Å²) >= 11 is 0. The molecule has 0 saturated heterocycles. The number of halogens is 2. The Morgan fingerprint density at radius 1 is 1.27 bits per heavy atom. The van der Waals surface area contributed by atoms with Crippen LogP contribution >= 0.6 is 0 Å². The highest BCUT2D eigenvalue weighted by Gasteiger charge is 2.70. The molecule has 3 rings (SSSR count). The second-order valence-corrected chi connectivity index (χ2v) is 6.89. The molecule has 0 radical (unpaired) electrons. The van der Waals surface area contributed by atoms with Gasteiger partial charge in [-0.3, -0.25) is 4.79 Å². The summed E-state index contributed by atoms with van der Waals surface area (Å²) in [5.74, 6) is 0.0428. The third-order valence-corrected chi connectivity index (χ3v) is 5.32.